The minimum atomic E-state index is -0.481. The lowest BCUT2D eigenvalue weighted by molar-refractivity contribution is -0.386. The second-order valence-corrected chi connectivity index (χ2v) is 7.04. The number of hydrogen-bond donors (Lipinski definition) is 1. The normalized spacial score (nSPS) is 10.9. The first-order chi connectivity index (χ1) is 14.6. The molecule has 30 heavy (non-hydrogen) atoms. The van der Waals surface area contributed by atoms with Crippen molar-refractivity contribution in [3.8, 4) is 22.8 Å². The fourth-order valence-corrected chi connectivity index (χ4v) is 3.33. The van der Waals surface area contributed by atoms with E-state index in [2.05, 4.69) is 15.5 Å². The van der Waals surface area contributed by atoms with Crippen LogP contribution in [0.5, 0.6) is 11.5 Å². The number of thiazole rings is 1. The lowest BCUT2D eigenvalue weighted by Gasteiger charge is -2.12. The number of ether oxygens (including phenoxy) is 2. The highest BCUT2D eigenvalue weighted by atomic mass is 32.1. The van der Waals surface area contributed by atoms with Gasteiger partial charge in [-0.25, -0.2) is 4.98 Å². The zero-order chi connectivity index (χ0) is 21.3. The SMILES string of the molecule is CCCOc1c(OCC)cc(/C=N\Nc2nc(-c3ccccc3)cs2)cc1[N+](=O)[O-]. The highest BCUT2D eigenvalue weighted by Gasteiger charge is 2.22. The molecule has 0 saturated carbocycles. The van der Waals surface area contributed by atoms with Crippen LogP contribution in [0.2, 0.25) is 0 Å². The van der Waals surface area contributed by atoms with Gasteiger partial charge in [0.1, 0.15) is 0 Å². The van der Waals surface area contributed by atoms with Gasteiger partial charge in [-0.2, -0.15) is 5.10 Å². The minimum absolute atomic E-state index is 0.140. The molecule has 9 heteroatoms. The van der Waals surface area contributed by atoms with Gasteiger partial charge in [0.2, 0.25) is 10.9 Å². The number of nitro groups is 1. The second-order valence-electron chi connectivity index (χ2n) is 6.18. The van der Waals surface area contributed by atoms with Crippen molar-refractivity contribution in [2.24, 2.45) is 5.10 Å². The van der Waals surface area contributed by atoms with Gasteiger partial charge in [0, 0.05) is 22.6 Å². The number of anilines is 1. The summed E-state index contributed by atoms with van der Waals surface area (Å²) in [6, 6.07) is 12.9. The minimum Gasteiger partial charge on any atom is -0.490 e. The third-order valence-electron chi connectivity index (χ3n) is 3.95. The number of benzene rings is 2. The average molecular weight is 426 g/mol. The summed E-state index contributed by atoms with van der Waals surface area (Å²) >= 11 is 1.42. The number of nitro benzene ring substituents is 1. The van der Waals surface area contributed by atoms with E-state index in [-0.39, 0.29) is 11.4 Å². The first-order valence-electron chi connectivity index (χ1n) is 9.50. The van der Waals surface area contributed by atoms with Crippen LogP contribution in [-0.4, -0.2) is 29.3 Å². The van der Waals surface area contributed by atoms with Crippen molar-refractivity contribution in [3.05, 3.63) is 63.5 Å². The van der Waals surface area contributed by atoms with Crippen LogP contribution in [0.3, 0.4) is 0 Å². The molecule has 1 aromatic heterocycles. The van der Waals surface area contributed by atoms with Gasteiger partial charge in [-0.15, -0.1) is 11.3 Å². The number of aromatic nitrogens is 1. The molecule has 0 amide bonds. The monoisotopic (exact) mass is 426 g/mol. The van der Waals surface area contributed by atoms with Crippen LogP contribution in [-0.2, 0) is 0 Å². The second kappa shape index (κ2) is 10.4. The predicted molar refractivity (Wildman–Crippen MR) is 119 cm³/mol. The van der Waals surface area contributed by atoms with E-state index in [4.69, 9.17) is 9.47 Å². The van der Waals surface area contributed by atoms with E-state index in [1.165, 1.54) is 23.6 Å². The molecule has 0 saturated heterocycles. The summed E-state index contributed by atoms with van der Waals surface area (Å²) in [6.45, 7) is 4.47. The first-order valence-corrected chi connectivity index (χ1v) is 10.4. The largest absolute Gasteiger partial charge is 0.490 e. The molecule has 0 radical (unpaired) electrons. The van der Waals surface area contributed by atoms with Crippen LogP contribution >= 0.6 is 11.3 Å². The van der Waals surface area contributed by atoms with Crippen LogP contribution in [0.1, 0.15) is 25.8 Å². The van der Waals surface area contributed by atoms with Gasteiger partial charge in [0.15, 0.2) is 5.75 Å². The predicted octanol–water partition coefficient (Wildman–Crippen LogP) is 5.35. The number of hydrogen-bond acceptors (Lipinski definition) is 8. The molecule has 8 nitrogen and oxygen atoms in total. The van der Waals surface area contributed by atoms with E-state index in [9.17, 15) is 10.1 Å². The van der Waals surface area contributed by atoms with Crippen molar-refractivity contribution in [1.82, 2.24) is 4.98 Å². The number of nitrogens with one attached hydrogen (secondary N) is 1. The molecular formula is C21H22N4O4S. The Hall–Kier alpha value is -3.46. The molecule has 3 aromatic rings. The Morgan fingerprint density at radius 3 is 2.73 bits per heavy atom. The maximum Gasteiger partial charge on any atom is 0.315 e. The zero-order valence-corrected chi connectivity index (χ0v) is 17.5. The fourth-order valence-electron chi connectivity index (χ4n) is 2.66. The van der Waals surface area contributed by atoms with Crippen LogP contribution in [0.4, 0.5) is 10.8 Å². The summed E-state index contributed by atoms with van der Waals surface area (Å²) < 4.78 is 11.1. The Bertz CT molecular complexity index is 1020. The third kappa shape index (κ3) is 5.32. The lowest BCUT2D eigenvalue weighted by atomic mass is 10.2. The molecule has 156 valence electrons. The maximum absolute atomic E-state index is 11.5. The van der Waals surface area contributed by atoms with Crippen molar-refractivity contribution in [1.29, 1.82) is 0 Å². The zero-order valence-electron chi connectivity index (χ0n) is 16.7. The highest BCUT2D eigenvalue weighted by molar-refractivity contribution is 7.14. The van der Waals surface area contributed by atoms with Gasteiger partial charge >= 0.3 is 5.69 Å². The van der Waals surface area contributed by atoms with Crippen LogP contribution < -0.4 is 14.9 Å². The van der Waals surface area contributed by atoms with E-state index in [0.29, 0.717) is 29.7 Å². The maximum atomic E-state index is 11.5. The van der Waals surface area contributed by atoms with Crippen molar-refractivity contribution >= 4 is 28.4 Å². The molecule has 1 heterocycles. The van der Waals surface area contributed by atoms with Crippen LogP contribution in [0.25, 0.3) is 11.3 Å². The summed E-state index contributed by atoms with van der Waals surface area (Å²) in [6.07, 6.45) is 2.22. The van der Waals surface area contributed by atoms with Gasteiger partial charge in [-0.3, -0.25) is 15.5 Å². The standard InChI is InChI=1S/C21H22N4O4S/c1-3-10-29-20-18(25(26)27)11-15(12-19(20)28-4-2)13-22-24-21-23-17(14-30-21)16-8-6-5-7-9-16/h5-9,11-14H,3-4,10H2,1-2H3,(H,23,24)/b22-13-. The number of nitrogens with zero attached hydrogens (tertiary/aromatic N) is 3. The third-order valence-corrected chi connectivity index (χ3v) is 4.70. The van der Waals surface area contributed by atoms with E-state index >= 15 is 0 Å². The molecule has 0 fully saturated rings. The Labute approximate surface area is 178 Å². The molecule has 0 atom stereocenters. The molecule has 1 N–H and O–H groups in total. The van der Waals surface area contributed by atoms with E-state index < -0.39 is 4.92 Å². The van der Waals surface area contributed by atoms with Crippen LogP contribution in [0.15, 0.2) is 52.9 Å². The average Bonchev–Trinajstić information content (AvgIpc) is 3.22. The van der Waals surface area contributed by atoms with Gasteiger partial charge in [0.05, 0.1) is 30.0 Å². The van der Waals surface area contributed by atoms with Gasteiger partial charge < -0.3 is 9.47 Å². The first kappa shape index (κ1) is 21.3. The highest BCUT2D eigenvalue weighted by Crippen LogP contribution is 2.38. The Morgan fingerprint density at radius 2 is 2.03 bits per heavy atom. The molecule has 0 aliphatic carbocycles. The molecule has 0 aliphatic heterocycles. The molecule has 0 bridgehead atoms. The van der Waals surface area contributed by atoms with E-state index in [0.717, 1.165) is 17.7 Å². The lowest BCUT2D eigenvalue weighted by Crippen LogP contribution is -2.04. The quantitative estimate of drug-likeness (QED) is 0.266. The van der Waals surface area contributed by atoms with E-state index in [1.54, 1.807) is 6.07 Å². The van der Waals surface area contributed by atoms with Crippen molar-refractivity contribution in [3.63, 3.8) is 0 Å². The summed E-state index contributed by atoms with van der Waals surface area (Å²) in [5.41, 5.74) is 5.10. The number of hydrazone groups is 1. The van der Waals surface area contributed by atoms with Gasteiger partial charge in [-0.05, 0) is 19.4 Å². The van der Waals surface area contributed by atoms with Crippen molar-refractivity contribution < 1.29 is 14.4 Å². The summed E-state index contributed by atoms with van der Waals surface area (Å²) in [5.74, 6) is 0.462. The number of rotatable bonds is 10. The Morgan fingerprint density at radius 1 is 1.23 bits per heavy atom. The molecule has 0 aliphatic rings. The Kier molecular flexibility index (Phi) is 7.34. The Balaban J connectivity index is 1.79. The summed E-state index contributed by atoms with van der Waals surface area (Å²) in [7, 11) is 0. The summed E-state index contributed by atoms with van der Waals surface area (Å²) in [5, 5.41) is 18.2. The smallest absolute Gasteiger partial charge is 0.315 e. The molecule has 2 aromatic carbocycles. The van der Waals surface area contributed by atoms with Crippen molar-refractivity contribution in [2.75, 3.05) is 18.6 Å². The summed E-state index contributed by atoms with van der Waals surface area (Å²) in [4.78, 5) is 15.5. The topological polar surface area (TPSA) is 98.9 Å². The molecule has 3 rings (SSSR count). The fraction of sp³-hybridized carbons (Fsp3) is 0.238. The molecule has 0 spiro atoms. The molecule has 0 unspecified atom stereocenters. The van der Waals surface area contributed by atoms with Crippen molar-refractivity contribution in [2.45, 2.75) is 20.3 Å². The molecular weight excluding hydrogens is 404 g/mol. The van der Waals surface area contributed by atoms with E-state index in [1.807, 2.05) is 49.6 Å². The van der Waals surface area contributed by atoms with Crippen LogP contribution in [0, 0.1) is 10.1 Å². The van der Waals surface area contributed by atoms with Gasteiger partial charge in [-0.1, -0.05) is 37.3 Å². The van der Waals surface area contributed by atoms with Gasteiger partial charge in [0.25, 0.3) is 0 Å².